The summed E-state index contributed by atoms with van der Waals surface area (Å²) in [5, 5.41) is 7.56. The number of hydrogen-bond acceptors (Lipinski definition) is 3. The summed E-state index contributed by atoms with van der Waals surface area (Å²) in [4.78, 5) is 0. The molecule has 3 nitrogen and oxygen atoms in total. The predicted octanol–water partition coefficient (Wildman–Crippen LogP) is 4.07. The Kier molecular flexibility index (Phi) is 4.67. The number of hydrogen-bond donors (Lipinski definition) is 1. The molecule has 0 aliphatic heterocycles. The number of aryl methyl sites for hydroxylation is 1. The molecule has 1 aromatic heterocycles. The van der Waals surface area contributed by atoms with Crippen molar-refractivity contribution in [3.63, 3.8) is 0 Å². The van der Waals surface area contributed by atoms with Crippen molar-refractivity contribution in [3.8, 4) is 0 Å². The lowest BCUT2D eigenvalue weighted by atomic mass is 9.76. The maximum Gasteiger partial charge on any atom is 0.150 e. The lowest BCUT2D eigenvalue weighted by molar-refractivity contribution is 0.213. The second kappa shape index (κ2) is 6.08. The van der Waals surface area contributed by atoms with Crippen LogP contribution < -0.4 is 5.32 Å². The van der Waals surface area contributed by atoms with Gasteiger partial charge in [-0.1, -0.05) is 32.3 Å². The van der Waals surface area contributed by atoms with Crippen LogP contribution in [-0.4, -0.2) is 11.2 Å². The van der Waals surface area contributed by atoms with E-state index in [2.05, 4.69) is 31.2 Å². The average molecular weight is 264 g/mol. The van der Waals surface area contributed by atoms with E-state index in [4.69, 9.17) is 4.52 Å². The number of nitrogens with zero attached hydrogens (tertiary/aromatic N) is 1. The summed E-state index contributed by atoms with van der Waals surface area (Å²) in [7, 11) is 0. The molecule has 3 heteroatoms. The standard InChI is InChI=1S/C16H28N2O/c1-12-10-15(19-18-12)11-17-14-7-5-6-13(8-9-14)16(2,3)4/h10,13-14,17H,5-9,11H2,1-4H3. The van der Waals surface area contributed by atoms with Crippen molar-refractivity contribution < 1.29 is 4.52 Å². The van der Waals surface area contributed by atoms with Crippen molar-refractivity contribution in [2.45, 2.75) is 72.4 Å². The molecule has 0 bridgehead atoms. The van der Waals surface area contributed by atoms with Gasteiger partial charge in [-0.05, 0) is 43.9 Å². The highest BCUT2D eigenvalue weighted by molar-refractivity contribution is 5.02. The van der Waals surface area contributed by atoms with Crippen LogP contribution in [0.4, 0.5) is 0 Å². The maximum atomic E-state index is 5.25. The van der Waals surface area contributed by atoms with Crippen molar-refractivity contribution in [1.29, 1.82) is 0 Å². The molecule has 2 rings (SSSR count). The summed E-state index contributed by atoms with van der Waals surface area (Å²) in [6.07, 6.45) is 6.64. The molecule has 1 saturated carbocycles. The normalized spacial score (nSPS) is 25.3. The van der Waals surface area contributed by atoms with Gasteiger partial charge in [-0.25, -0.2) is 0 Å². The molecule has 0 radical (unpaired) electrons. The first-order valence-corrected chi connectivity index (χ1v) is 7.61. The summed E-state index contributed by atoms with van der Waals surface area (Å²) < 4.78 is 5.25. The first-order chi connectivity index (χ1) is 8.95. The van der Waals surface area contributed by atoms with Gasteiger partial charge in [0.1, 0.15) is 0 Å². The topological polar surface area (TPSA) is 38.1 Å². The van der Waals surface area contributed by atoms with Crippen LogP contribution in [0.3, 0.4) is 0 Å². The first kappa shape index (κ1) is 14.6. The van der Waals surface area contributed by atoms with Gasteiger partial charge in [0.25, 0.3) is 0 Å². The van der Waals surface area contributed by atoms with Gasteiger partial charge in [0, 0.05) is 12.1 Å². The second-order valence-corrected chi connectivity index (χ2v) is 7.08. The Balaban J connectivity index is 1.80. The Morgan fingerprint density at radius 1 is 1.26 bits per heavy atom. The van der Waals surface area contributed by atoms with Gasteiger partial charge >= 0.3 is 0 Å². The average Bonchev–Trinajstić information content (AvgIpc) is 2.61. The Morgan fingerprint density at radius 2 is 2.05 bits per heavy atom. The lowest BCUT2D eigenvalue weighted by Crippen LogP contribution is -2.28. The summed E-state index contributed by atoms with van der Waals surface area (Å²) in [5.74, 6) is 1.82. The van der Waals surface area contributed by atoms with Gasteiger partial charge in [0.2, 0.25) is 0 Å². The van der Waals surface area contributed by atoms with E-state index in [9.17, 15) is 0 Å². The minimum atomic E-state index is 0.455. The van der Waals surface area contributed by atoms with Crippen molar-refractivity contribution in [2.24, 2.45) is 11.3 Å². The summed E-state index contributed by atoms with van der Waals surface area (Å²) in [6, 6.07) is 2.65. The van der Waals surface area contributed by atoms with Gasteiger partial charge in [-0.2, -0.15) is 0 Å². The quantitative estimate of drug-likeness (QED) is 0.836. The fraction of sp³-hybridized carbons (Fsp3) is 0.812. The SMILES string of the molecule is Cc1cc(CNC2CCCC(C(C)(C)C)CC2)on1. The third-order valence-corrected chi connectivity index (χ3v) is 4.44. The van der Waals surface area contributed by atoms with Crippen molar-refractivity contribution in [2.75, 3.05) is 0 Å². The van der Waals surface area contributed by atoms with Gasteiger partial charge in [-0.3, -0.25) is 0 Å². The lowest BCUT2D eigenvalue weighted by Gasteiger charge is -2.29. The summed E-state index contributed by atoms with van der Waals surface area (Å²) in [6.45, 7) is 9.91. The largest absolute Gasteiger partial charge is 0.360 e. The molecule has 1 aromatic rings. The van der Waals surface area contributed by atoms with Crippen LogP contribution in [-0.2, 0) is 6.54 Å². The minimum absolute atomic E-state index is 0.455. The summed E-state index contributed by atoms with van der Waals surface area (Å²) >= 11 is 0. The second-order valence-electron chi connectivity index (χ2n) is 7.08. The summed E-state index contributed by atoms with van der Waals surface area (Å²) in [5.41, 5.74) is 1.42. The Labute approximate surface area is 117 Å². The minimum Gasteiger partial charge on any atom is -0.360 e. The molecule has 1 heterocycles. The zero-order chi connectivity index (χ0) is 13.9. The molecule has 19 heavy (non-hydrogen) atoms. The van der Waals surface area contributed by atoms with Gasteiger partial charge < -0.3 is 9.84 Å². The third kappa shape index (κ3) is 4.34. The van der Waals surface area contributed by atoms with Crippen LogP contribution in [0, 0.1) is 18.3 Å². The van der Waals surface area contributed by atoms with Crippen LogP contribution in [0.1, 0.15) is 64.3 Å². The Hall–Kier alpha value is -0.830. The molecule has 2 atom stereocenters. The molecule has 1 N–H and O–H groups in total. The fourth-order valence-electron chi connectivity index (χ4n) is 3.12. The highest BCUT2D eigenvalue weighted by Gasteiger charge is 2.27. The predicted molar refractivity (Wildman–Crippen MR) is 77.9 cm³/mol. The van der Waals surface area contributed by atoms with E-state index >= 15 is 0 Å². The van der Waals surface area contributed by atoms with E-state index < -0.39 is 0 Å². The van der Waals surface area contributed by atoms with Crippen LogP contribution in [0.15, 0.2) is 10.6 Å². The molecule has 0 spiro atoms. The molecule has 108 valence electrons. The van der Waals surface area contributed by atoms with E-state index in [0.717, 1.165) is 23.9 Å². The third-order valence-electron chi connectivity index (χ3n) is 4.44. The van der Waals surface area contributed by atoms with E-state index in [0.29, 0.717) is 11.5 Å². The molecule has 0 saturated heterocycles. The molecular formula is C16H28N2O. The van der Waals surface area contributed by atoms with Crippen LogP contribution in [0.25, 0.3) is 0 Å². The van der Waals surface area contributed by atoms with Crippen molar-refractivity contribution in [3.05, 3.63) is 17.5 Å². The molecule has 1 aliphatic carbocycles. The van der Waals surface area contributed by atoms with Crippen LogP contribution >= 0.6 is 0 Å². The molecule has 0 aromatic carbocycles. The molecule has 0 amide bonds. The monoisotopic (exact) mass is 264 g/mol. The first-order valence-electron chi connectivity index (χ1n) is 7.61. The van der Waals surface area contributed by atoms with Crippen LogP contribution in [0.2, 0.25) is 0 Å². The zero-order valence-electron chi connectivity index (χ0n) is 12.8. The highest BCUT2D eigenvalue weighted by atomic mass is 16.5. The number of aromatic nitrogens is 1. The fourth-order valence-corrected chi connectivity index (χ4v) is 3.12. The number of rotatable bonds is 3. The van der Waals surface area contributed by atoms with Crippen LogP contribution in [0.5, 0.6) is 0 Å². The Bertz CT molecular complexity index is 392. The van der Waals surface area contributed by atoms with Gasteiger partial charge in [0.05, 0.1) is 12.2 Å². The maximum absolute atomic E-state index is 5.25. The van der Waals surface area contributed by atoms with Gasteiger partial charge in [-0.15, -0.1) is 0 Å². The molecule has 1 fully saturated rings. The van der Waals surface area contributed by atoms with E-state index in [1.807, 2.05) is 13.0 Å². The van der Waals surface area contributed by atoms with Crippen molar-refractivity contribution >= 4 is 0 Å². The van der Waals surface area contributed by atoms with Gasteiger partial charge in [0.15, 0.2) is 5.76 Å². The van der Waals surface area contributed by atoms with E-state index in [1.165, 1.54) is 32.1 Å². The molecule has 1 aliphatic rings. The molecule has 2 unspecified atom stereocenters. The zero-order valence-corrected chi connectivity index (χ0v) is 12.8. The molecular weight excluding hydrogens is 236 g/mol. The van der Waals surface area contributed by atoms with E-state index in [-0.39, 0.29) is 0 Å². The smallest absolute Gasteiger partial charge is 0.150 e. The van der Waals surface area contributed by atoms with E-state index in [1.54, 1.807) is 0 Å². The highest BCUT2D eigenvalue weighted by Crippen LogP contribution is 2.36. The Morgan fingerprint density at radius 3 is 2.68 bits per heavy atom. The number of nitrogens with one attached hydrogen (secondary N) is 1. The van der Waals surface area contributed by atoms with Crippen molar-refractivity contribution in [1.82, 2.24) is 10.5 Å².